The average Bonchev–Trinajstić information content (AvgIpc) is 2.73. The van der Waals surface area contributed by atoms with Crippen LogP contribution in [0.25, 0.3) is 0 Å². The van der Waals surface area contributed by atoms with E-state index in [1.165, 1.54) is 6.07 Å². The van der Waals surface area contributed by atoms with Gasteiger partial charge in [0.05, 0.1) is 17.2 Å². The molecule has 0 aromatic heterocycles. The van der Waals surface area contributed by atoms with Crippen LogP contribution in [0.15, 0.2) is 42.5 Å². The summed E-state index contributed by atoms with van der Waals surface area (Å²) in [6, 6.07) is 12.5. The lowest BCUT2D eigenvalue weighted by Gasteiger charge is -2.66. The van der Waals surface area contributed by atoms with Gasteiger partial charge < -0.3 is 9.64 Å². The number of hydrogen-bond acceptors (Lipinski definition) is 3. The molecule has 2 aliphatic rings. The molecule has 0 saturated heterocycles. The van der Waals surface area contributed by atoms with E-state index in [1.807, 2.05) is 56.9 Å². The molecule has 0 N–H and O–H groups in total. The van der Waals surface area contributed by atoms with E-state index < -0.39 is 34.2 Å². The number of alkyl halides is 3. The number of nitriles is 1. The Hall–Kier alpha value is -3.01. The highest BCUT2D eigenvalue weighted by atomic mass is 19.4. The number of carbonyl (C=O) groups is 1. The summed E-state index contributed by atoms with van der Waals surface area (Å²) < 4.78 is 46.2. The molecular weight excluding hydrogens is 417 g/mol. The van der Waals surface area contributed by atoms with Crippen molar-refractivity contribution in [2.45, 2.75) is 52.4 Å². The Labute approximate surface area is 185 Å². The molecule has 1 aliphatic carbocycles. The van der Waals surface area contributed by atoms with Crippen LogP contribution in [0.1, 0.15) is 54.7 Å². The number of benzene rings is 2. The summed E-state index contributed by atoms with van der Waals surface area (Å²) in [4.78, 5) is 15.1. The summed E-state index contributed by atoms with van der Waals surface area (Å²) in [6.07, 6.45) is -4.30. The molecule has 0 unspecified atom stereocenters. The van der Waals surface area contributed by atoms with Crippen LogP contribution >= 0.6 is 0 Å². The van der Waals surface area contributed by atoms with E-state index in [0.29, 0.717) is 12.1 Å². The van der Waals surface area contributed by atoms with Crippen LogP contribution in [0.5, 0.6) is 5.75 Å². The van der Waals surface area contributed by atoms with E-state index in [9.17, 15) is 18.0 Å². The topological polar surface area (TPSA) is 53.3 Å². The molecule has 0 bridgehead atoms. The normalized spacial score (nSPS) is 23.7. The Balaban J connectivity index is 1.61. The molecule has 0 spiro atoms. The summed E-state index contributed by atoms with van der Waals surface area (Å²) in [5.41, 5.74) is -0.681. The highest BCUT2D eigenvalue weighted by Crippen LogP contribution is 2.58. The van der Waals surface area contributed by atoms with E-state index >= 15 is 0 Å². The molecule has 4 nitrogen and oxygen atoms in total. The zero-order valence-electron chi connectivity index (χ0n) is 18.5. The first-order valence-corrected chi connectivity index (χ1v) is 10.6. The van der Waals surface area contributed by atoms with Gasteiger partial charge in [-0.15, -0.1) is 0 Å². The van der Waals surface area contributed by atoms with Gasteiger partial charge in [-0.3, -0.25) is 4.79 Å². The Morgan fingerprint density at radius 1 is 1.09 bits per heavy atom. The van der Waals surface area contributed by atoms with Crippen LogP contribution in [-0.2, 0) is 12.6 Å². The zero-order valence-corrected chi connectivity index (χ0v) is 18.5. The van der Waals surface area contributed by atoms with E-state index in [1.54, 1.807) is 6.07 Å². The van der Waals surface area contributed by atoms with Gasteiger partial charge in [-0.05, 0) is 36.2 Å². The van der Waals surface area contributed by atoms with E-state index in [4.69, 9.17) is 10.00 Å². The third kappa shape index (κ3) is 3.33. The molecule has 1 fully saturated rings. The Morgan fingerprint density at radius 2 is 1.75 bits per heavy atom. The SMILES string of the molecule is CC1(C)C(Oc2ccc(C#N)c(C(F)(F)F)c2)C(C)(C)C1N1CCc2ccccc2C1=O. The van der Waals surface area contributed by atoms with Crippen molar-refractivity contribution in [3.63, 3.8) is 0 Å². The number of rotatable bonds is 3. The highest BCUT2D eigenvalue weighted by Gasteiger charge is 2.66. The van der Waals surface area contributed by atoms with Crippen molar-refractivity contribution >= 4 is 5.91 Å². The maximum absolute atomic E-state index is 13.4. The van der Waals surface area contributed by atoms with Crippen molar-refractivity contribution in [2.24, 2.45) is 10.8 Å². The van der Waals surface area contributed by atoms with E-state index in [2.05, 4.69) is 0 Å². The molecule has 1 amide bonds. The minimum absolute atomic E-state index is 0.0193. The minimum Gasteiger partial charge on any atom is -0.489 e. The second kappa shape index (κ2) is 7.26. The molecule has 1 heterocycles. The minimum atomic E-state index is -4.65. The smallest absolute Gasteiger partial charge is 0.417 e. The number of amides is 1. The molecule has 2 aromatic carbocycles. The third-order valence-electron chi connectivity index (χ3n) is 6.87. The number of hydrogen-bond donors (Lipinski definition) is 0. The summed E-state index contributed by atoms with van der Waals surface area (Å²) in [5.74, 6) is 0.0467. The van der Waals surface area contributed by atoms with Crippen LogP contribution in [0.4, 0.5) is 13.2 Å². The second-order valence-electron chi connectivity index (χ2n) is 9.77. The highest BCUT2D eigenvalue weighted by molar-refractivity contribution is 5.97. The van der Waals surface area contributed by atoms with Gasteiger partial charge in [-0.2, -0.15) is 18.4 Å². The molecule has 168 valence electrons. The van der Waals surface area contributed by atoms with Crippen molar-refractivity contribution in [3.05, 3.63) is 64.7 Å². The van der Waals surface area contributed by atoms with Crippen LogP contribution in [0, 0.1) is 22.2 Å². The lowest BCUT2D eigenvalue weighted by atomic mass is 9.48. The van der Waals surface area contributed by atoms with Crippen molar-refractivity contribution in [2.75, 3.05) is 6.54 Å². The largest absolute Gasteiger partial charge is 0.489 e. The van der Waals surface area contributed by atoms with Gasteiger partial charge in [0.1, 0.15) is 11.9 Å². The molecule has 1 aliphatic heterocycles. The van der Waals surface area contributed by atoms with Crippen LogP contribution in [0.3, 0.4) is 0 Å². The van der Waals surface area contributed by atoms with Crippen molar-refractivity contribution < 1.29 is 22.7 Å². The fraction of sp³-hybridized carbons (Fsp3) is 0.440. The number of carbonyl (C=O) groups excluding carboxylic acids is 1. The number of nitrogens with zero attached hydrogens (tertiary/aromatic N) is 2. The third-order valence-corrected chi connectivity index (χ3v) is 6.87. The molecular formula is C25H25F3N2O2. The maximum Gasteiger partial charge on any atom is 0.417 e. The molecule has 2 aromatic rings. The van der Waals surface area contributed by atoms with Crippen LogP contribution < -0.4 is 4.74 Å². The van der Waals surface area contributed by atoms with Gasteiger partial charge >= 0.3 is 6.18 Å². The van der Waals surface area contributed by atoms with Gasteiger partial charge in [-0.1, -0.05) is 45.9 Å². The molecule has 32 heavy (non-hydrogen) atoms. The monoisotopic (exact) mass is 442 g/mol. The predicted octanol–water partition coefficient (Wildman–Crippen LogP) is 5.46. The molecule has 7 heteroatoms. The van der Waals surface area contributed by atoms with Gasteiger partial charge in [0.2, 0.25) is 0 Å². The predicted molar refractivity (Wildman–Crippen MR) is 113 cm³/mol. The Bertz CT molecular complexity index is 1100. The van der Waals surface area contributed by atoms with Crippen molar-refractivity contribution in [1.29, 1.82) is 5.26 Å². The second-order valence-corrected chi connectivity index (χ2v) is 9.77. The quantitative estimate of drug-likeness (QED) is 0.635. The van der Waals surface area contributed by atoms with Gasteiger partial charge in [0.15, 0.2) is 0 Å². The Kier molecular flexibility index (Phi) is 5.04. The molecule has 0 radical (unpaired) electrons. The first-order valence-electron chi connectivity index (χ1n) is 10.6. The molecule has 1 saturated carbocycles. The molecule has 4 rings (SSSR count). The van der Waals surface area contributed by atoms with E-state index in [0.717, 1.165) is 24.1 Å². The summed E-state index contributed by atoms with van der Waals surface area (Å²) in [5, 5.41) is 9.02. The fourth-order valence-corrected chi connectivity index (χ4v) is 5.97. The van der Waals surface area contributed by atoms with Gasteiger partial charge in [-0.25, -0.2) is 0 Å². The van der Waals surface area contributed by atoms with Crippen LogP contribution in [0.2, 0.25) is 0 Å². The Morgan fingerprint density at radius 3 is 2.38 bits per heavy atom. The van der Waals surface area contributed by atoms with Crippen molar-refractivity contribution in [1.82, 2.24) is 4.90 Å². The van der Waals surface area contributed by atoms with E-state index in [-0.39, 0.29) is 17.7 Å². The first-order chi connectivity index (χ1) is 14.9. The van der Waals surface area contributed by atoms with Gasteiger partial charge in [0.25, 0.3) is 5.91 Å². The number of fused-ring (bicyclic) bond motifs is 1. The maximum atomic E-state index is 13.4. The van der Waals surface area contributed by atoms with Crippen LogP contribution in [-0.4, -0.2) is 29.5 Å². The first kappa shape index (κ1) is 22.2. The number of halogens is 3. The number of ether oxygens (including phenoxy) is 1. The fourth-order valence-electron chi connectivity index (χ4n) is 5.97. The average molecular weight is 442 g/mol. The lowest BCUT2D eigenvalue weighted by molar-refractivity contribution is -0.199. The summed E-state index contributed by atoms with van der Waals surface area (Å²) >= 11 is 0. The summed E-state index contributed by atoms with van der Waals surface area (Å²) in [7, 11) is 0. The zero-order chi connectivity index (χ0) is 23.5. The standard InChI is InChI=1S/C25H25F3N2O2/c1-23(2)21(30-12-11-15-7-5-6-8-18(15)20(30)31)24(3,4)22(23)32-17-10-9-16(14-29)19(13-17)25(26,27)28/h5-10,13,21-22H,11-12H2,1-4H3. The summed E-state index contributed by atoms with van der Waals surface area (Å²) in [6.45, 7) is 8.52. The van der Waals surface area contributed by atoms with Crippen molar-refractivity contribution in [3.8, 4) is 11.8 Å². The molecule has 0 atom stereocenters. The van der Waals surface area contributed by atoms with Gasteiger partial charge in [0, 0.05) is 29.0 Å². The lowest BCUT2D eigenvalue weighted by Crippen LogP contribution is -2.75.